The van der Waals surface area contributed by atoms with E-state index in [2.05, 4.69) is 63.3 Å². The maximum absolute atomic E-state index is 2.34. The standard InChI is InChI=1S/C15H18/c1-12-8-4-5-10-14(12)15(3)11-7-6-9-13(15)2/h4-10H,11H2,1-3H3. The van der Waals surface area contributed by atoms with Crippen molar-refractivity contribution in [3.8, 4) is 0 Å². The number of hydrogen-bond donors (Lipinski definition) is 0. The van der Waals surface area contributed by atoms with E-state index in [0.717, 1.165) is 6.42 Å². The van der Waals surface area contributed by atoms with Crippen LogP contribution in [0.2, 0.25) is 0 Å². The van der Waals surface area contributed by atoms with E-state index in [1.807, 2.05) is 0 Å². The van der Waals surface area contributed by atoms with E-state index < -0.39 is 0 Å². The van der Waals surface area contributed by atoms with E-state index in [9.17, 15) is 0 Å². The SMILES string of the molecule is CC1=CC=CCC1(C)c1ccccc1C. The molecular formula is C15H18. The van der Waals surface area contributed by atoms with Crippen molar-refractivity contribution < 1.29 is 0 Å². The fourth-order valence-corrected chi connectivity index (χ4v) is 2.38. The van der Waals surface area contributed by atoms with Gasteiger partial charge in [0.15, 0.2) is 0 Å². The Morgan fingerprint density at radius 1 is 1.13 bits per heavy atom. The summed E-state index contributed by atoms with van der Waals surface area (Å²) >= 11 is 0. The maximum atomic E-state index is 2.34. The number of rotatable bonds is 1. The van der Waals surface area contributed by atoms with Crippen molar-refractivity contribution in [3.63, 3.8) is 0 Å². The minimum absolute atomic E-state index is 0.195. The molecule has 0 aromatic heterocycles. The van der Waals surface area contributed by atoms with Crippen molar-refractivity contribution in [2.75, 3.05) is 0 Å². The summed E-state index contributed by atoms with van der Waals surface area (Å²) in [6.45, 7) is 6.77. The fraction of sp³-hybridized carbons (Fsp3) is 0.333. The van der Waals surface area contributed by atoms with Crippen molar-refractivity contribution in [3.05, 3.63) is 59.2 Å². The first-order valence-corrected chi connectivity index (χ1v) is 5.54. The van der Waals surface area contributed by atoms with Gasteiger partial charge in [0, 0.05) is 5.41 Å². The molecule has 0 heterocycles. The second kappa shape index (κ2) is 3.69. The monoisotopic (exact) mass is 198 g/mol. The smallest absolute Gasteiger partial charge is 0.0171 e. The van der Waals surface area contributed by atoms with Crippen LogP contribution in [-0.2, 0) is 5.41 Å². The van der Waals surface area contributed by atoms with Gasteiger partial charge in [0.25, 0.3) is 0 Å². The second-order valence-electron chi connectivity index (χ2n) is 4.63. The van der Waals surface area contributed by atoms with Crippen molar-refractivity contribution in [2.45, 2.75) is 32.6 Å². The van der Waals surface area contributed by atoms with E-state index in [0.29, 0.717) is 0 Å². The summed E-state index contributed by atoms with van der Waals surface area (Å²) in [5, 5.41) is 0. The Bertz CT molecular complexity index is 423. The van der Waals surface area contributed by atoms with Gasteiger partial charge in [-0.25, -0.2) is 0 Å². The Kier molecular flexibility index (Phi) is 2.52. The largest absolute Gasteiger partial charge is 0.0833 e. The van der Waals surface area contributed by atoms with Gasteiger partial charge in [0.05, 0.1) is 0 Å². The number of benzene rings is 1. The van der Waals surface area contributed by atoms with Gasteiger partial charge < -0.3 is 0 Å². The van der Waals surface area contributed by atoms with Crippen molar-refractivity contribution in [1.82, 2.24) is 0 Å². The number of hydrogen-bond acceptors (Lipinski definition) is 0. The summed E-state index contributed by atoms with van der Waals surface area (Å²) in [6, 6.07) is 8.71. The van der Waals surface area contributed by atoms with Gasteiger partial charge in [-0.15, -0.1) is 0 Å². The molecule has 78 valence electrons. The van der Waals surface area contributed by atoms with Gasteiger partial charge in [0.2, 0.25) is 0 Å². The molecule has 1 atom stereocenters. The molecule has 0 fully saturated rings. The summed E-state index contributed by atoms with van der Waals surface area (Å²) in [5.74, 6) is 0. The van der Waals surface area contributed by atoms with Crippen LogP contribution in [0.5, 0.6) is 0 Å². The van der Waals surface area contributed by atoms with Crippen LogP contribution in [-0.4, -0.2) is 0 Å². The molecule has 2 rings (SSSR count). The summed E-state index contributed by atoms with van der Waals surface area (Å²) in [7, 11) is 0. The second-order valence-corrected chi connectivity index (χ2v) is 4.63. The molecule has 0 radical (unpaired) electrons. The highest BCUT2D eigenvalue weighted by Gasteiger charge is 2.29. The third kappa shape index (κ3) is 1.65. The van der Waals surface area contributed by atoms with Gasteiger partial charge in [-0.1, -0.05) is 55.0 Å². The van der Waals surface area contributed by atoms with Crippen LogP contribution in [0.25, 0.3) is 0 Å². The number of allylic oxidation sites excluding steroid dienone is 4. The highest BCUT2D eigenvalue weighted by molar-refractivity contribution is 5.43. The Morgan fingerprint density at radius 2 is 1.87 bits per heavy atom. The molecular weight excluding hydrogens is 180 g/mol. The lowest BCUT2D eigenvalue weighted by Gasteiger charge is -2.33. The van der Waals surface area contributed by atoms with Crippen molar-refractivity contribution in [2.24, 2.45) is 0 Å². The third-order valence-corrected chi connectivity index (χ3v) is 3.62. The molecule has 0 amide bonds. The molecule has 15 heavy (non-hydrogen) atoms. The van der Waals surface area contributed by atoms with Crippen molar-refractivity contribution in [1.29, 1.82) is 0 Å². The third-order valence-electron chi connectivity index (χ3n) is 3.62. The molecule has 1 aromatic carbocycles. The van der Waals surface area contributed by atoms with Crippen LogP contribution >= 0.6 is 0 Å². The van der Waals surface area contributed by atoms with Gasteiger partial charge in [0.1, 0.15) is 0 Å². The molecule has 0 nitrogen and oxygen atoms in total. The van der Waals surface area contributed by atoms with E-state index in [4.69, 9.17) is 0 Å². The molecule has 0 N–H and O–H groups in total. The molecule has 1 unspecified atom stereocenters. The molecule has 0 heteroatoms. The zero-order valence-corrected chi connectivity index (χ0v) is 9.75. The van der Waals surface area contributed by atoms with Crippen LogP contribution < -0.4 is 0 Å². The zero-order chi connectivity index (χ0) is 10.9. The van der Waals surface area contributed by atoms with E-state index in [1.54, 1.807) is 0 Å². The van der Waals surface area contributed by atoms with E-state index >= 15 is 0 Å². The molecule has 1 aliphatic carbocycles. The van der Waals surface area contributed by atoms with Gasteiger partial charge in [-0.2, -0.15) is 0 Å². The zero-order valence-electron chi connectivity index (χ0n) is 9.75. The first kappa shape index (κ1) is 10.2. The quantitative estimate of drug-likeness (QED) is 0.635. The van der Waals surface area contributed by atoms with Gasteiger partial charge in [-0.05, 0) is 31.4 Å². The van der Waals surface area contributed by atoms with Crippen molar-refractivity contribution >= 4 is 0 Å². The predicted octanol–water partition coefficient (Wildman–Crippen LogP) is 4.16. The molecule has 0 saturated heterocycles. The Morgan fingerprint density at radius 3 is 2.53 bits per heavy atom. The highest BCUT2D eigenvalue weighted by atomic mass is 14.3. The summed E-state index contributed by atoms with van der Waals surface area (Å²) in [6.07, 6.45) is 7.77. The molecule has 1 aromatic rings. The first-order chi connectivity index (χ1) is 7.14. The lowest BCUT2D eigenvalue weighted by atomic mass is 9.70. The molecule has 1 aliphatic rings. The maximum Gasteiger partial charge on any atom is 0.0171 e. The first-order valence-electron chi connectivity index (χ1n) is 5.54. The summed E-state index contributed by atoms with van der Waals surface area (Å²) in [4.78, 5) is 0. The minimum Gasteiger partial charge on any atom is -0.0833 e. The molecule has 0 aliphatic heterocycles. The molecule has 0 bridgehead atoms. The Hall–Kier alpha value is -1.30. The predicted molar refractivity (Wildman–Crippen MR) is 66.0 cm³/mol. The Balaban J connectivity index is 2.51. The lowest BCUT2D eigenvalue weighted by molar-refractivity contribution is 0.556. The van der Waals surface area contributed by atoms with Crippen LogP contribution in [0.15, 0.2) is 48.1 Å². The Labute approximate surface area is 92.3 Å². The topological polar surface area (TPSA) is 0 Å². The van der Waals surface area contributed by atoms with E-state index in [1.165, 1.54) is 16.7 Å². The van der Waals surface area contributed by atoms with Crippen LogP contribution in [0.4, 0.5) is 0 Å². The van der Waals surface area contributed by atoms with Crippen LogP contribution in [0, 0.1) is 6.92 Å². The fourth-order valence-electron chi connectivity index (χ4n) is 2.38. The summed E-state index contributed by atoms with van der Waals surface area (Å²) in [5.41, 5.74) is 4.51. The average molecular weight is 198 g/mol. The van der Waals surface area contributed by atoms with Gasteiger partial charge in [-0.3, -0.25) is 0 Å². The lowest BCUT2D eigenvalue weighted by Crippen LogP contribution is -2.25. The highest BCUT2D eigenvalue weighted by Crippen LogP contribution is 2.39. The minimum atomic E-state index is 0.195. The normalized spacial score (nSPS) is 25.1. The molecule has 0 spiro atoms. The average Bonchev–Trinajstić information content (AvgIpc) is 2.23. The molecule has 0 saturated carbocycles. The van der Waals surface area contributed by atoms with Crippen LogP contribution in [0.3, 0.4) is 0 Å². The van der Waals surface area contributed by atoms with E-state index in [-0.39, 0.29) is 5.41 Å². The van der Waals surface area contributed by atoms with Gasteiger partial charge >= 0.3 is 0 Å². The number of aryl methyl sites for hydroxylation is 1. The summed E-state index contributed by atoms with van der Waals surface area (Å²) < 4.78 is 0. The van der Waals surface area contributed by atoms with Crippen LogP contribution in [0.1, 0.15) is 31.4 Å².